The molecule has 0 radical (unpaired) electrons. The highest BCUT2D eigenvalue weighted by Gasteiger charge is 2.71. The highest BCUT2D eigenvalue weighted by atomic mass is 32.2. The molecule has 0 saturated heterocycles. The Hall–Kier alpha value is -4.16. The molecule has 0 aromatic heterocycles. The molecular formula is C59H84B2F2N2O20S3. The first kappa shape index (κ1) is 68.2. The van der Waals surface area contributed by atoms with Crippen LogP contribution < -0.4 is 30.9 Å². The molecule has 88 heavy (non-hydrogen) atoms. The fraction of sp³-hybridized carbons (Fsp3) is 0.729. The van der Waals surface area contributed by atoms with Gasteiger partial charge >= 0.3 is 26.2 Å². The SMILES string of the molecule is C[C@@H]1CC[C@@]23CCC(=O)[C@H]2[C@]1(C)[C@H](OC(=O)COc1ccc2c(c1F)B(O)OC2)C[C@@](C)(CN)[C@@H](OS(C)(=O)=O)[C@@H]3C.C[C@@H]1CC[C@@]23CCC(=O)[C@H]2[C@]1(C)[C@H](OC(=O)COc1ccc2c(c1F)B(O)OC2)C[C@@](C)(CNS(C)(=O)=O)[C@@H](OS(C)(=O)=O)[C@@H]3C. The number of esters is 2. The van der Waals surface area contributed by atoms with Gasteiger partial charge in [0.15, 0.2) is 36.3 Å². The Morgan fingerprint density at radius 3 is 1.41 bits per heavy atom. The molecule has 6 saturated carbocycles. The van der Waals surface area contributed by atoms with Gasteiger partial charge in [0.1, 0.15) is 23.8 Å². The Kier molecular flexibility index (Phi) is 18.9. The second kappa shape index (κ2) is 24.4. The van der Waals surface area contributed by atoms with E-state index in [4.69, 9.17) is 42.4 Å². The van der Waals surface area contributed by atoms with Gasteiger partial charge in [0.05, 0.1) is 44.2 Å². The fourth-order valence-corrected chi connectivity index (χ4v) is 19.7. The van der Waals surface area contributed by atoms with Gasteiger partial charge in [-0.1, -0.05) is 67.5 Å². The van der Waals surface area contributed by atoms with E-state index in [-0.39, 0.29) is 97.3 Å². The monoisotopic (exact) mass is 1300 g/mol. The third-order valence-corrected chi connectivity index (χ3v) is 24.2. The summed E-state index contributed by atoms with van der Waals surface area (Å²) in [6.07, 6.45) is 3.89. The first-order chi connectivity index (χ1) is 40.8. The van der Waals surface area contributed by atoms with Crippen LogP contribution in [0.5, 0.6) is 11.5 Å². The maximum atomic E-state index is 15.1. The molecule has 2 aliphatic heterocycles. The molecule has 16 atom stereocenters. The molecule has 0 amide bonds. The van der Waals surface area contributed by atoms with Gasteiger partial charge in [-0.2, -0.15) is 16.8 Å². The van der Waals surface area contributed by atoms with E-state index in [1.54, 1.807) is 13.0 Å². The lowest BCUT2D eigenvalue weighted by molar-refractivity contribution is -0.208. The molecule has 10 rings (SSSR count). The van der Waals surface area contributed by atoms with Crippen molar-refractivity contribution in [2.24, 2.45) is 73.7 Å². The van der Waals surface area contributed by atoms with Crippen molar-refractivity contribution in [3.8, 4) is 11.5 Å². The summed E-state index contributed by atoms with van der Waals surface area (Å²) in [6, 6.07) is 5.80. The molecule has 29 heteroatoms. The number of nitrogens with two attached hydrogens (primary N) is 1. The predicted octanol–water partition coefficient (Wildman–Crippen LogP) is 3.76. The quantitative estimate of drug-likeness (QED) is 0.106. The van der Waals surface area contributed by atoms with E-state index in [9.17, 15) is 54.5 Å². The van der Waals surface area contributed by atoms with Crippen molar-refractivity contribution in [2.45, 2.75) is 157 Å². The molecule has 22 nitrogen and oxygen atoms in total. The van der Waals surface area contributed by atoms with Crippen LogP contribution in [-0.4, -0.2) is 143 Å². The number of nitrogens with one attached hydrogen (secondary N) is 1. The van der Waals surface area contributed by atoms with Gasteiger partial charge < -0.3 is 44.0 Å². The summed E-state index contributed by atoms with van der Waals surface area (Å²) in [5, 5.41) is 19.9. The van der Waals surface area contributed by atoms with Crippen molar-refractivity contribution >= 4 is 78.9 Å². The Balaban J connectivity index is 0.000000210. The summed E-state index contributed by atoms with van der Waals surface area (Å²) >= 11 is 0. The molecule has 2 aromatic rings. The second-order valence-corrected chi connectivity index (χ2v) is 32.7. The number of carbonyl (C=O) groups excluding carboxylic acids is 4. The number of ether oxygens (including phenoxy) is 4. The standard InChI is InChI=1S/C30H43BFNO11S2.C29H41BFNO9S/c1-17-9-11-30-12-10-20(34)26(30)29(17,4)22(13-28(3,16-33-45(5,37)38)27(18(30)2)44-46(6,39)40)43-23(35)15-41-21-8-7-19-14-42-31(36)24(19)25(21)32;1-16-8-10-29-11-9-19(33)25(29)28(16,4)21(12-27(3,15-32)26(17(29)2)41-42(5,36)37)40-22(34)14-38-20-7-6-18-13-39-30(35)23(18)24(20)31/h7-8,17-18,22,26-27,33,36H,9-16H2,1-6H3;6-7,16-17,21,25-26,35H,8-15,32H2,1-5H3/t17-,18+,22-,26+,27+,28+,29+,30+;16-,17+,21-,25+,26+,27+,28+,29+/m11/s1. The van der Waals surface area contributed by atoms with Gasteiger partial charge in [-0.3, -0.25) is 18.0 Å². The Labute approximate surface area is 515 Å². The number of benzene rings is 2. The maximum absolute atomic E-state index is 15.1. The summed E-state index contributed by atoms with van der Waals surface area (Å²) in [7, 11) is -14.5. The van der Waals surface area contributed by atoms with Crippen molar-refractivity contribution in [3.63, 3.8) is 0 Å². The molecule has 6 fully saturated rings. The number of hydrogen-bond acceptors (Lipinski definition) is 21. The minimum Gasteiger partial charge on any atom is -0.479 e. The zero-order chi connectivity index (χ0) is 64.9. The van der Waals surface area contributed by atoms with Crippen molar-refractivity contribution in [1.29, 1.82) is 0 Å². The molecule has 6 aliphatic carbocycles. The lowest BCUT2D eigenvalue weighted by Crippen LogP contribution is -2.65. The van der Waals surface area contributed by atoms with Gasteiger partial charge in [-0.05, 0) is 109 Å². The Morgan fingerprint density at radius 2 is 1.03 bits per heavy atom. The van der Waals surface area contributed by atoms with Crippen LogP contribution in [0.4, 0.5) is 8.78 Å². The van der Waals surface area contributed by atoms with E-state index >= 15 is 8.78 Å². The molecule has 5 N–H and O–H groups in total. The van der Waals surface area contributed by atoms with E-state index in [2.05, 4.69) is 11.6 Å². The average molecular weight is 1300 g/mol. The largest absolute Gasteiger partial charge is 0.494 e. The number of Topliss-reactive ketones (excluding diaryl/α,β-unsaturated/α-hetero) is 2. The third-order valence-electron chi connectivity index (χ3n) is 22.5. The number of halogens is 2. The third kappa shape index (κ3) is 12.4. The van der Waals surface area contributed by atoms with Crippen molar-refractivity contribution < 1.29 is 99.9 Å². The minimum atomic E-state index is -4.05. The summed E-state index contributed by atoms with van der Waals surface area (Å²) in [5.74, 6) is -5.61. The normalized spacial score (nSPS) is 37.0. The molecule has 0 spiro atoms. The Bertz CT molecular complexity index is 3440. The second-order valence-electron chi connectivity index (χ2n) is 27.7. The zero-order valence-electron chi connectivity index (χ0n) is 51.9. The number of fused-ring (bicyclic) bond motifs is 2. The van der Waals surface area contributed by atoms with Crippen LogP contribution in [0.3, 0.4) is 0 Å². The average Bonchev–Trinajstić information content (AvgIpc) is 1.32. The molecule has 8 aliphatic rings. The molecular weight excluding hydrogens is 1210 g/mol. The van der Waals surface area contributed by atoms with E-state index in [1.807, 2.05) is 41.5 Å². The van der Waals surface area contributed by atoms with E-state index in [0.29, 0.717) is 43.2 Å². The van der Waals surface area contributed by atoms with Crippen LogP contribution in [0, 0.1) is 79.6 Å². The van der Waals surface area contributed by atoms with Crippen LogP contribution in [-0.2, 0) is 89.8 Å². The highest BCUT2D eigenvalue weighted by molar-refractivity contribution is 7.88. The van der Waals surface area contributed by atoms with Crippen LogP contribution >= 0.6 is 0 Å². The smallest absolute Gasteiger partial charge is 0.479 e. The minimum absolute atomic E-state index is 0.00800. The molecule has 2 heterocycles. The molecule has 0 unspecified atom stereocenters. The van der Waals surface area contributed by atoms with Gasteiger partial charge in [0.2, 0.25) is 10.0 Å². The van der Waals surface area contributed by atoms with Crippen molar-refractivity contribution in [3.05, 3.63) is 47.0 Å². The van der Waals surface area contributed by atoms with Crippen LogP contribution in [0.1, 0.15) is 131 Å². The summed E-state index contributed by atoms with van der Waals surface area (Å²) in [6.45, 7) is 14.0. The number of sulfonamides is 1. The van der Waals surface area contributed by atoms with Crippen LogP contribution in [0.25, 0.3) is 0 Å². The molecule has 2 aromatic carbocycles. The lowest BCUT2D eigenvalue weighted by Gasteiger charge is -2.62. The maximum Gasteiger partial charge on any atom is 0.494 e. The number of hydrogen-bond donors (Lipinski definition) is 4. The van der Waals surface area contributed by atoms with Crippen molar-refractivity contribution in [1.82, 2.24) is 4.72 Å². The van der Waals surface area contributed by atoms with E-state index < -0.39 is 156 Å². The first-order valence-corrected chi connectivity index (χ1v) is 35.6. The fourth-order valence-electron chi connectivity index (χ4n) is 17.5. The number of carbonyl (C=O) groups is 4. The topological polar surface area (TPSA) is 323 Å². The van der Waals surface area contributed by atoms with Gasteiger partial charge in [0.25, 0.3) is 20.2 Å². The summed E-state index contributed by atoms with van der Waals surface area (Å²) < 4.78 is 153. The van der Waals surface area contributed by atoms with Crippen LogP contribution in [0.15, 0.2) is 24.3 Å². The van der Waals surface area contributed by atoms with Gasteiger partial charge in [-0.15, -0.1) is 0 Å². The van der Waals surface area contributed by atoms with E-state index in [1.165, 1.54) is 18.2 Å². The Morgan fingerprint density at radius 1 is 0.648 bits per heavy atom. The highest BCUT2D eigenvalue weighted by Crippen LogP contribution is 2.70. The van der Waals surface area contributed by atoms with Crippen molar-refractivity contribution in [2.75, 3.05) is 45.1 Å². The predicted molar refractivity (Wildman–Crippen MR) is 317 cm³/mol. The number of ketones is 2. The van der Waals surface area contributed by atoms with Crippen LogP contribution in [0.2, 0.25) is 0 Å². The van der Waals surface area contributed by atoms with Gasteiger partial charge in [0, 0.05) is 70.4 Å². The van der Waals surface area contributed by atoms with Gasteiger partial charge in [-0.25, -0.2) is 31.5 Å². The molecule has 4 bridgehead atoms. The summed E-state index contributed by atoms with van der Waals surface area (Å²) in [4.78, 5) is 54.3. The summed E-state index contributed by atoms with van der Waals surface area (Å²) in [5.41, 5.74) is 2.18. The first-order valence-electron chi connectivity index (χ1n) is 30.1. The number of rotatable bonds is 16. The zero-order valence-corrected chi connectivity index (χ0v) is 54.3. The lowest BCUT2D eigenvalue weighted by atomic mass is 9.44. The van der Waals surface area contributed by atoms with E-state index in [0.717, 1.165) is 31.6 Å². The molecule has 488 valence electrons.